The molecular weight excluding hydrogens is 300 g/mol. The number of likely N-dealkylation sites (N-methyl/N-ethyl adjacent to an activating group) is 1. The third-order valence-corrected chi connectivity index (χ3v) is 4.88. The lowest BCUT2D eigenvalue weighted by molar-refractivity contribution is 0.115. The Hall–Kier alpha value is -2.46. The molecule has 4 nitrogen and oxygen atoms in total. The van der Waals surface area contributed by atoms with Gasteiger partial charge in [0.25, 0.3) is 0 Å². The van der Waals surface area contributed by atoms with Gasteiger partial charge in [-0.25, -0.2) is 0 Å². The zero-order valence-corrected chi connectivity index (χ0v) is 14.3. The molecule has 4 heteroatoms. The Balaban J connectivity index is 1.90. The van der Waals surface area contributed by atoms with Crippen molar-refractivity contribution in [2.24, 2.45) is 0 Å². The van der Waals surface area contributed by atoms with Gasteiger partial charge in [0.05, 0.1) is 19.1 Å². The van der Waals surface area contributed by atoms with Gasteiger partial charge >= 0.3 is 0 Å². The summed E-state index contributed by atoms with van der Waals surface area (Å²) in [5, 5.41) is 2.32. The maximum absolute atomic E-state index is 5.96. The zero-order chi connectivity index (χ0) is 16.7. The first-order chi connectivity index (χ1) is 11.7. The molecule has 1 saturated heterocycles. The van der Waals surface area contributed by atoms with Gasteiger partial charge in [-0.2, -0.15) is 0 Å². The molecule has 0 radical (unpaired) electrons. The monoisotopic (exact) mass is 322 g/mol. The summed E-state index contributed by atoms with van der Waals surface area (Å²) in [4.78, 5) is 4.72. The van der Waals surface area contributed by atoms with Gasteiger partial charge in [0, 0.05) is 35.1 Å². The Morgan fingerprint density at radius 1 is 1.12 bits per heavy atom. The van der Waals surface area contributed by atoms with Crippen molar-refractivity contribution in [1.29, 1.82) is 0 Å². The quantitative estimate of drug-likeness (QED) is 0.849. The fraction of sp³-hybridized carbons (Fsp3) is 0.300. The number of hydrogen-bond donors (Lipinski definition) is 0. The minimum atomic E-state index is 0.590. The second kappa shape index (κ2) is 5.87. The van der Waals surface area contributed by atoms with Crippen LogP contribution in [0.25, 0.3) is 12.0 Å². The highest BCUT2D eigenvalue weighted by molar-refractivity contribution is 5.72. The minimum Gasteiger partial charge on any atom is -0.497 e. The Kier molecular flexibility index (Phi) is 3.69. The molecule has 0 atom stereocenters. The first-order valence-electron chi connectivity index (χ1n) is 8.23. The van der Waals surface area contributed by atoms with Gasteiger partial charge in [-0.05, 0) is 32.3 Å². The number of ether oxygens (including phenoxy) is 2. The summed E-state index contributed by atoms with van der Waals surface area (Å²) in [7, 11) is 5.98. The van der Waals surface area contributed by atoms with Crippen LogP contribution in [0.5, 0.6) is 11.5 Å². The molecule has 24 heavy (non-hydrogen) atoms. The fourth-order valence-electron chi connectivity index (χ4n) is 3.32. The van der Waals surface area contributed by atoms with Crippen LogP contribution >= 0.6 is 0 Å². The van der Waals surface area contributed by atoms with Crippen LogP contribution in [0.4, 0.5) is 0 Å². The molecule has 0 amide bonds. The van der Waals surface area contributed by atoms with Crippen molar-refractivity contribution in [1.82, 2.24) is 9.80 Å². The number of likely N-dealkylation sites (tertiary alicyclic amines) is 1. The Bertz CT molecular complexity index is 883. The maximum atomic E-state index is 5.96. The van der Waals surface area contributed by atoms with Crippen molar-refractivity contribution in [2.75, 3.05) is 34.3 Å². The van der Waals surface area contributed by atoms with Crippen LogP contribution in [-0.4, -0.2) is 50.1 Å². The number of hydrogen-bond acceptors (Lipinski definition) is 4. The van der Waals surface area contributed by atoms with E-state index in [0.29, 0.717) is 6.04 Å². The van der Waals surface area contributed by atoms with E-state index >= 15 is 0 Å². The summed E-state index contributed by atoms with van der Waals surface area (Å²) >= 11 is 0. The molecule has 2 aliphatic rings. The summed E-state index contributed by atoms with van der Waals surface area (Å²) in [6, 6.07) is 15.0. The van der Waals surface area contributed by atoms with Crippen LogP contribution in [0.15, 0.2) is 42.5 Å². The summed E-state index contributed by atoms with van der Waals surface area (Å²) in [5.74, 6) is 1.72. The van der Waals surface area contributed by atoms with E-state index in [2.05, 4.69) is 48.2 Å². The topological polar surface area (TPSA) is 24.9 Å². The lowest BCUT2D eigenvalue weighted by atomic mass is 10.00. The van der Waals surface area contributed by atoms with E-state index in [1.807, 2.05) is 24.5 Å². The van der Waals surface area contributed by atoms with Gasteiger partial charge in [-0.1, -0.05) is 24.3 Å². The van der Waals surface area contributed by atoms with Crippen molar-refractivity contribution >= 4 is 12.0 Å². The van der Waals surface area contributed by atoms with Gasteiger partial charge in [0.1, 0.15) is 11.5 Å². The van der Waals surface area contributed by atoms with Crippen LogP contribution < -0.4 is 19.9 Å². The lowest BCUT2D eigenvalue weighted by Crippen LogP contribution is -2.57. The highest BCUT2D eigenvalue weighted by Crippen LogP contribution is 2.34. The lowest BCUT2D eigenvalue weighted by Gasteiger charge is -2.45. The standard InChI is InChI=1S/C20H22N2O2/c1-21(2)15-11-22(12-15)20-17-7-5-4-6-14(17)13-24-19-9-8-16(23-3)10-18(19)20/h4-10,13,15H,11-12H2,1-3H3. The molecule has 4 rings (SSSR count). The SMILES string of the molecule is COc1ccc2c(c1)C(N1CC(N(C)C)C1)=c1ccccc1=CO2. The van der Waals surface area contributed by atoms with Crippen molar-refractivity contribution in [2.45, 2.75) is 6.04 Å². The summed E-state index contributed by atoms with van der Waals surface area (Å²) in [6.45, 7) is 2.04. The Morgan fingerprint density at radius 3 is 2.67 bits per heavy atom. The average Bonchev–Trinajstić information content (AvgIpc) is 2.70. The molecule has 1 fully saturated rings. The second-order valence-electron chi connectivity index (χ2n) is 6.56. The number of nitrogens with zero attached hydrogens (tertiary/aromatic N) is 2. The predicted octanol–water partition coefficient (Wildman–Crippen LogP) is 1.23. The molecule has 0 aliphatic carbocycles. The van der Waals surface area contributed by atoms with Crippen LogP contribution in [0.2, 0.25) is 0 Å². The third-order valence-electron chi connectivity index (χ3n) is 4.88. The fourth-order valence-corrected chi connectivity index (χ4v) is 3.32. The Morgan fingerprint density at radius 2 is 1.92 bits per heavy atom. The molecule has 2 heterocycles. The smallest absolute Gasteiger partial charge is 0.136 e. The van der Waals surface area contributed by atoms with Crippen LogP contribution in [-0.2, 0) is 0 Å². The average molecular weight is 322 g/mol. The number of methoxy groups -OCH3 is 1. The normalized spacial score (nSPS) is 16.5. The van der Waals surface area contributed by atoms with Crippen molar-refractivity contribution in [3.05, 3.63) is 58.5 Å². The number of fused-ring (bicyclic) bond motifs is 2. The number of rotatable bonds is 3. The van der Waals surface area contributed by atoms with Crippen LogP contribution in [0, 0.1) is 0 Å². The maximum Gasteiger partial charge on any atom is 0.136 e. The number of benzene rings is 2. The molecule has 0 aromatic heterocycles. The molecular formula is C20H22N2O2. The molecule has 2 aliphatic heterocycles. The predicted molar refractivity (Wildman–Crippen MR) is 95.3 cm³/mol. The highest BCUT2D eigenvalue weighted by Gasteiger charge is 2.32. The molecule has 2 aromatic carbocycles. The Labute approximate surface area is 142 Å². The zero-order valence-electron chi connectivity index (χ0n) is 14.3. The van der Waals surface area contributed by atoms with Crippen molar-refractivity contribution < 1.29 is 9.47 Å². The van der Waals surface area contributed by atoms with Gasteiger partial charge in [-0.15, -0.1) is 0 Å². The van der Waals surface area contributed by atoms with Gasteiger partial charge in [-0.3, -0.25) is 0 Å². The minimum absolute atomic E-state index is 0.590. The van der Waals surface area contributed by atoms with Gasteiger partial charge in [0.2, 0.25) is 0 Å². The summed E-state index contributed by atoms with van der Waals surface area (Å²) in [5.41, 5.74) is 2.32. The molecule has 124 valence electrons. The van der Waals surface area contributed by atoms with E-state index in [1.165, 1.54) is 10.9 Å². The molecule has 0 bridgehead atoms. The van der Waals surface area contributed by atoms with E-state index < -0.39 is 0 Å². The molecule has 0 N–H and O–H groups in total. The van der Waals surface area contributed by atoms with E-state index in [-0.39, 0.29) is 0 Å². The van der Waals surface area contributed by atoms with E-state index in [9.17, 15) is 0 Å². The van der Waals surface area contributed by atoms with Crippen LogP contribution in [0.3, 0.4) is 0 Å². The first kappa shape index (κ1) is 15.1. The third kappa shape index (κ3) is 2.43. The molecule has 0 saturated carbocycles. The second-order valence-corrected chi connectivity index (χ2v) is 6.56. The van der Waals surface area contributed by atoms with Crippen molar-refractivity contribution in [3.8, 4) is 11.5 Å². The van der Waals surface area contributed by atoms with E-state index in [0.717, 1.165) is 35.4 Å². The van der Waals surface area contributed by atoms with Crippen molar-refractivity contribution in [3.63, 3.8) is 0 Å². The van der Waals surface area contributed by atoms with Gasteiger partial charge < -0.3 is 19.3 Å². The van der Waals surface area contributed by atoms with Crippen LogP contribution in [0.1, 0.15) is 5.56 Å². The molecule has 0 unspecified atom stereocenters. The largest absolute Gasteiger partial charge is 0.497 e. The van der Waals surface area contributed by atoms with Gasteiger partial charge in [0.15, 0.2) is 0 Å². The van der Waals surface area contributed by atoms with E-state index in [4.69, 9.17) is 9.47 Å². The summed E-state index contributed by atoms with van der Waals surface area (Å²) in [6.07, 6.45) is 1.84. The van der Waals surface area contributed by atoms with E-state index in [1.54, 1.807) is 7.11 Å². The molecule has 2 aromatic rings. The molecule has 0 spiro atoms. The summed E-state index contributed by atoms with van der Waals surface area (Å²) < 4.78 is 11.4. The highest BCUT2D eigenvalue weighted by atomic mass is 16.5. The first-order valence-corrected chi connectivity index (χ1v) is 8.23.